The summed E-state index contributed by atoms with van der Waals surface area (Å²) in [4.78, 5) is 28.5. The van der Waals surface area contributed by atoms with Crippen molar-refractivity contribution in [3.63, 3.8) is 0 Å². The summed E-state index contributed by atoms with van der Waals surface area (Å²) >= 11 is 0. The number of anilines is 2. The molecule has 0 saturated carbocycles. The van der Waals surface area contributed by atoms with Crippen LogP contribution in [0.3, 0.4) is 0 Å². The van der Waals surface area contributed by atoms with Gasteiger partial charge >= 0.3 is 6.03 Å². The topological polar surface area (TPSA) is 127 Å². The predicted octanol–water partition coefficient (Wildman–Crippen LogP) is 1.61. The van der Waals surface area contributed by atoms with Crippen molar-refractivity contribution < 1.29 is 19.4 Å². The Balaban J connectivity index is 1.58. The molecule has 0 spiro atoms. The van der Waals surface area contributed by atoms with E-state index in [2.05, 4.69) is 22.5 Å². The van der Waals surface area contributed by atoms with E-state index in [-0.39, 0.29) is 25.3 Å². The van der Waals surface area contributed by atoms with Crippen molar-refractivity contribution in [1.82, 2.24) is 24.8 Å². The molecule has 2 saturated heterocycles. The number of aromatic nitrogens is 4. The number of urea groups is 1. The molecule has 1 aromatic carbocycles. The Kier molecular flexibility index (Phi) is 5.84. The smallest absolute Gasteiger partial charge is 0.319 e. The zero-order chi connectivity index (χ0) is 23.9. The van der Waals surface area contributed by atoms with Crippen molar-refractivity contribution in [2.75, 3.05) is 49.7 Å². The van der Waals surface area contributed by atoms with E-state index in [1.807, 2.05) is 42.8 Å². The number of nitrogens with one attached hydrogen (secondary N) is 2. The number of rotatable bonds is 5. The lowest BCUT2D eigenvalue weighted by atomic mass is 10.0. The molecule has 5 rings (SSSR count). The highest BCUT2D eigenvalue weighted by atomic mass is 16.5. The van der Waals surface area contributed by atoms with Crippen LogP contribution >= 0.6 is 0 Å². The summed E-state index contributed by atoms with van der Waals surface area (Å²) in [5, 5.41) is 16.4. The van der Waals surface area contributed by atoms with Gasteiger partial charge in [0, 0.05) is 31.4 Å². The highest BCUT2D eigenvalue weighted by Gasteiger charge is 2.43. The minimum absolute atomic E-state index is 0.115. The second-order valence-corrected chi connectivity index (χ2v) is 8.74. The summed E-state index contributed by atoms with van der Waals surface area (Å²) in [6.07, 6.45) is 0. The molecule has 3 aromatic rings. The molecule has 0 aliphatic carbocycles. The molecule has 4 heterocycles. The Hall–Kier alpha value is -3.28. The lowest BCUT2D eigenvalue weighted by Gasteiger charge is -2.35. The van der Waals surface area contributed by atoms with Gasteiger partial charge in [-0.25, -0.2) is 19.7 Å². The molecule has 2 aromatic heterocycles. The molecular weight excluding hydrogens is 438 g/mol. The number of fused-ring (bicyclic) bond motifs is 1. The van der Waals surface area contributed by atoms with Crippen molar-refractivity contribution in [2.45, 2.75) is 25.5 Å². The number of amides is 2. The van der Waals surface area contributed by atoms with Crippen LogP contribution in [0.1, 0.15) is 19.7 Å². The van der Waals surface area contributed by atoms with Gasteiger partial charge in [0.05, 0.1) is 32.5 Å². The second-order valence-electron chi connectivity index (χ2n) is 8.74. The van der Waals surface area contributed by atoms with Crippen molar-refractivity contribution in [2.24, 2.45) is 7.05 Å². The first-order valence-electron chi connectivity index (χ1n) is 11.4. The van der Waals surface area contributed by atoms with Crippen LogP contribution in [-0.4, -0.2) is 76.2 Å². The van der Waals surface area contributed by atoms with Gasteiger partial charge in [-0.2, -0.15) is 0 Å². The van der Waals surface area contributed by atoms with Gasteiger partial charge < -0.3 is 34.7 Å². The maximum absolute atomic E-state index is 11.8. The Bertz CT molecular complexity index is 1210. The number of benzene rings is 1. The van der Waals surface area contributed by atoms with E-state index < -0.39 is 5.60 Å². The number of carbonyl (C=O) groups is 1. The Labute approximate surface area is 197 Å². The van der Waals surface area contributed by atoms with Crippen LogP contribution in [0.15, 0.2) is 24.3 Å². The highest BCUT2D eigenvalue weighted by molar-refractivity contribution is 5.90. The van der Waals surface area contributed by atoms with E-state index in [1.54, 1.807) is 0 Å². The molecule has 2 fully saturated rings. The van der Waals surface area contributed by atoms with E-state index in [0.29, 0.717) is 60.6 Å². The minimum atomic E-state index is -1.13. The lowest BCUT2D eigenvalue weighted by molar-refractivity contribution is -0.190. The molecule has 1 atom stereocenters. The molecule has 11 nitrogen and oxygen atoms in total. The molecule has 1 unspecified atom stereocenters. The summed E-state index contributed by atoms with van der Waals surface area (Å²) in [6.45, 7) is 6.79. The Morgan fingerprint density at radius 2 is 1.97 bits per heavy atom. The number of morpholine rings is 1. The van der Waals surface area contributed by atoms with E-state index in [9.17, 15) is 9.90 Å². The van der Waals surface area contributed by atoms with Crippen LogP contribution in [0.4, 0.5) is 16.3 Å². The molecule has 2 aliphatic rings. The first kappa shape index (κ1) is 22.5. The van der Waals surface area contributed by atoms with Crippen molar-refractivity contribution in [1.29, 1.82) is 0 Å². The lowest BCUT2D eigenvalue weighted by Crippen LogP contribution is -2.48. The maximum atomic E-state index is 11.8. The Morgan fingerprint density at radius 3 is 2.62 bits per heavy atom. The first-order valence-corrected chi connectivity index (χ1v) is 11.4. The normalized spacial score (nSPS) is 19.6. The zero-order valence-corrected chi connectivity index (χ0v) is 19.5. The second kappa shape index (κ2) is 8.82. The number of ether oxygens (including phenoxy) is 2. The van der Waals surface area contributed by atoms with Crippen LogP contribution in [0, 0.1) is 0 Å². The molecule has 2 aliphatic heterocycles. The average molecular weight is 468 g/mol. The molecular formula is C23H29N7O4. The van der Waals surface area contributed by atoms with Crippen LogP contribution in [0.25, 0.3) is 22.6 Å². The van der Waals surface area contributed by atoms with Crippen molar-refractivity contribution in [3.05, 3.63) is 30.1 Å². The minimum Gasteiger partial charge on any atom is -0.377 e. The van der Waals surface area contributed by atoms with E-state index in [1.165, 1.54) is 0 Å². The summed E-state index contributed by atoms with van der Waals surface area (Å²) in [7, 11) is 1.85. The van der Waals surface area contributed by atoms with Crippen molar-refractivity contribution >= 4 is 28.7 Å². The van der Waals surface area contributed by atoms with Crippen LogP contribution in [0.5, 0.6) is 0 Å². The number of aliphatic hydroxyl groups is 1. The number of hydrogen-bond donors (Lipinski definition) is 3. The number of nitrogens with zero attached hydrogens (tertiary/aromatic N) is 5. The molecule has 0 bridgehead atoms. The van der Waals surface area contributed by atoms with Gasteiger partial charge in [0.15, 0.2) is 28.4 Å². The standard InChI is InChI=1S/C23H29N7O4/c1-4-24-22(31)25-16-7-5-15(6-8-16)18-27-19-17(20(28-18)30-9-10-33-11-14(30)2)26-21(29(19)3)23(32)12-34-13-23/h5-8,14,32H,4,9-13H2,1-3H3,(H2,24,25,31). The summed E-state index contributed by atoms with van der Waals surface area (Å²) in [5.74, 6) is 1.77. The molecule has 3 N–H and O–H groups in total. The third-order valence-electron chi connectivity index (χ3n) is 6.18. The third-order valence-corrected chi connectivity index (χ3v) is 6.18. The van der Waals surface area contributed by atoms with Gasteiger partial charge in [0.25, 0.3) is 0 Å². The van der Waals surface area contributed by atoms with Gasteiger partial charge in [0.1, 0.15) is 5.82 Å². The molecule has 11 heteroatoms. The molecule has 180 valence electrons. The summed E-state index contributed by atoms with van der Waals surface area (Å²) in [5.41, 5.74) is 1.63. The van der Waals surface area contributed by atoms with Crippen LogP contribution < -0.4 is 15.5 Å². The number of hydrogen-bond acceptors (Lipinski definition) is 8. The van der Waals surface area contributed by atoms with E-state index >= 15 is 0 Å². The van der Waals surface area contributed by atoms with E-state index in [4.69, 9.17) is 24.4 Å². The first-order chi connectivity index (χ1) is 16.4. The maximum Gasteiger partial charge on any atom is 0.319 e. The number of imidazole rings is 1. The predicted molar refractivity (Wildman–Crippen MR) is 127 cm³/mol. The molecule has 34 heavy (non-hydrogen) atoms. The fourth-order valence-corrected chi connectivity index (χ4v) is 4.30. The highest BCUT2D eigenvalue weighted by Crippen LogP contribution is 2.35. The fraction of sp³-hybridized carbons (Fsp3) is 0.478. The number of carbonyl (C=O) groups excluding carboxylic acids is 1. The Morgan fingerprint density at radius 1 is 1.21 bits per heavy atom. The summed E-state index contributed by atoms with van der Waals surface area (Å²) in [6, 6.07) is 7.25. The third kappa shape index (κ3) is 3.95. The molecule has 2 amide bonds. The average Bonchev–Trinajstić information content (AvgIpc) is 3.15. The quantitative estimate of drug-likeness (QED) is 0.517. The number of aryl methyl sites for hydroxylation is 1. The summed E-state index contributed by atoms with van der Waals surface area (Å²) < 4.78 is 12.7. The SMILES string of the molecule is CCNC(=O)Nc1ccc(-c2nc(N3CCOCC3C)c3nc(C4(O)COC4)n(C)c3n2)cc1. The largest absolute Gasteiger partial charge is 0.377 e. The van der Waals surface area contributed by atoms with Gasteiger partial charge in [-0.1, -0.05) is 0 Å². The van der Waals surface area contributed by atoms with Crippen LogP contribution in [-0.2, 0) is 22.1 Å². The van der Waals surface area contributed by atoms with Crippen LogP contribution in [0.2, 0.25) is 0 Å². The van der Waals surface area contributed by atoms with Gasteiger partial charge in [-0.3, -0.25) is 0 Å². The fourth-order valence-electron chi connectivity index (χ4n) is 4.30. The van der Waals surface area contributed by atoms with Crippen molar-refractivity contribution in [3.8, 4) is 11.4 Å². The van der Waals surface area contributed by atoms with Gasteiger partial charge in [-0.05, 0) is 38.1 Å². The molecule has 0 radical (unpaired) electrons. The monoisotopic (exact) mass is 467 g/mol. The zero-order valence-electron chi connectivity index (χ0n) is 19.5. The van der Waals surface area contributed by atoms with Gasteiger partial charge in [0.2, 0.25) is 0 Å². The van der Waals surface area contributed by atoms with Gasteiger partial charge in [-0.15, -0.1) is 0 Å². The van der Waals surface area contributed by atoms with E-state index in [0.717, 1.165) is 5.56 Å².